The van der Waals surface area contributed by atoms with Crippen molar-refractivity contribution in [2.24, 2.45) is 0 Å². The SMILES string of the molecule is C[C@@H](NC(=O)/C(C#N)=C\c1c[nH]c2ccc(Br)cc12)c1ccccc1. The van der Waals surface area contributed by atoms with Crippen molar-refractivity contribution in [3.05, 3.63) is 75.9 Å². The van der Waals surface area contributed by atoms with E-state index in [4.69, 9.17) is 0 Å². The lowest BCUT2D eigenvalue weighted by Crippen LogP contribution is -2.27. The zero-order chi connectivity index (χ0) is 17.8. The monoisotopic (exact) mass is 393 g/mol. The van der Waals surface area contributed by atoms with Crippen LogP contribution in [0.25, 0.3) is 17.0 Å². The van der Waals surface area contributed by atoms with Crippen LogP contribution in [-0.2, 0) is 4.79 Å². The molecule has 0 aliphatic heterocycles. The Morgan fingerprint density at radius 3 is 2.76 bits per heavy atom. The Labute approximate surface area is 154 Å². The highest BCUT2D eigenvalue weighted by molar-refractivity contribution is 9.10. The van der Waals surface area contributed by atoms with E-state index >= 15 is 0 Å². The van der Waals surface area contributed by atoms with Gasteiger partial charge in [0.2, 0.25) is 0 Å². The van der Waals surface area contributed by atoms with Crippen molar-refractivity contribution in [3.8, 4) is 6.07 Å². The van der Waals surface area contributed by atoms with E-state index in [-0.39, 0.29) is 17.5 Å². The molecule has 2 N–H and O–H groups in total. The Hall–Kier alpha value is -2.84. The van der Waals surface area contributed by atoms with Crippen molar-refractivity contribution in [1.82, 2.24) is 10.3 Å². The highest BCUT2D eigenvalue weighted by Gasteiger charge is 2.14. The van der Waals surface area contributed by atoms with Crippen LogP contribution in [0.1, 0.15) is 24.1 Å². The Morgan fingerprint density at radius 1 is 1.28 bits per heavy atom. The molecule has 5 heteroatoms. The predicted molar refractivity (Wildman–Crippen MR) is 103 cm³/mol. The summed E-state index contributed by atoms with van der Waals surface area (Å²) in [6, 6.07) is 17.3. The standard InChI is InChI=1S/C20H16BrN3O/c1-13(14-5-3-2-4-6-14)24-20(25)15(11-22)9-16-12-23-19-8-7-17(21)10-18(16)19/h2-10,12-13,23H,1H3,(H,24,25)/b15-9-/t13-/m1/s1. The second-order valence-corrected chi connectivity index (χ2v) is 6.63. The van der Waals surface area contributed by atoms with Crippen LogP contribution < -0.4 is 5.32 Å². The van der Waals surface area contributed by atoms with Crippen molar-refractivity contribution in [2.45, 2.75) is 13.0 Å². The van der Waals surface area contributed by atoms with Gasteiger partial charge in [-0.05, 0) is 36.8 Å². The number of nitriles is 1. The van der Waals surface area contributed by atoms with Crippen molar-refractivity contribution >= 4 is 38.8 Å². The number of carbonyl (C=O) groups excluding carboxylic acids is 1. The first-order valence-corrected chi connectivity index (χ1v) is 8.62. The Kier molecular flexibility index (Phi) is 5.01. The van der Waals surface area contributed by atoms with Crippen LogP contribution in [0.2, 0.25) is 0 Å². The number of hydrogen-bond donors (Lipinski definition) is 2. The molecule has 1 heterocycles. The summed E-state index contributed by atoms with van der Waals surface area (Å²) >= 11 is 3.44. The molecule has 124 valence electrons. The number of nitrogens with zero attached hydrogens (tertiary/aromatic N) is 1. The fraction of sp³-hybridized carbons (Fsp3) is 0.100. The molecule has 1 amide bonds. The molecule has 0 spiro atoms. The summed E-state index contributed by atoms with van der Waals surface area (Å²) in [5, 5.41) is 13.2. The summed E-state index contributed by atoms with van der Waals surface area (Å²) in [5.74, 6) is -0.386. The first-order valence-electron chi connectivity index (χ1n) is 7.82. The molecule has 0 fully saturated rings. The average Bonchev–Trinajstić information content (AvgIpc) is 3.02. The number of amides is 1. The molecule has 1 aromatic heterocycles. The lowest BCUT2D eigenvalue weighted by molar-refractivity contribution is -0.117. The molecule has 2 aromatic carbocycles. The van der Waals surface area contributed by atoms with E-state index in [9.17, 15) is 10.1 Å². The number of aromatic nitrogens is 1. The third-order valence-electron chi connectivity index (χ3n) is 3.99. The highest BCUT2D eigenvalue weighted by atomic mass is 79.9. The molecular formula is C20H16BrN3O. The minimum atomic E-state index is -0.386. The molecule has 0 saturated heterocycles. The average molecular weight is 394 g/mol. The first kappa shape index (κ1) is 17.0. The van der Waals surface area contributed by atoms with Crippen LogP contribution in [0, 0.1) is 11.3 Å². The van der Waals surface area contributed by atoms with Crippen LogP contribution in [0.15, 0.2) is 64.8 Å². The zero-order valence-corrected chi connectivity index (χ0v) is 15.2. The lowest BCUT2D eigenvalue weighted by Gasteiger charge is -2.13. The summed E-state index contributed by atoms with van der Waals surface area (Å²) in [6.07, 6.45) is 3.40. The lowest BCUT2D eigenvalue weighted by atomic mass is 10.1. The zero-order valence-electron chi connectivity index (χ0n) is 13.6. The second kappa shape index (κ2) is 7.37. The van der Waals surface area contributed by atoms with Crippen molar-refractivity contribution in [1.29, 1.82) is 5.26 Å². The molecule has 0 unspecified atom stereocenters. The largest absolute Gasteiger partial charge is 0.361 e. The van der Waals surface area contributed by atoms with E-state index in [1.807, 2.05) is 61.5 Å². The maximum absolute atomic E-state index is 12.5. The molecule has 0 aliphatic rings. The van der Waals surface area contributed by atoms with Crippen LogP contribution in [-0.4, -0.2) is 10.9 Å². The van der Waals surface area contributed by atoms with Crippen LogP contribution in [0.3, 0.4) is 0 Å². The summed E-state index contributed by atoms with van der Waals surface area (Å²) in [5.41, 5.74) is 2.81. The molecule has 0 bridgehead atoms. The van der Waals surface area contributed by atoms with Gasteiger partial charge in [-0.1, -0.05) is 46.3 Å². The van der Waals surface area contributed by atoms with Gasteiger partial charge in [-0.25, -0.2) is 0 Å². The Morgan fingerprint density at radius 2 is 2.04 bits per heavy atom. The first-order chi connectivity index (χ1) is 12.1. The smallest absolute Gasteiger partial charge is 0.262 e. The van der Waals surface area contributed by atoms with E-state index in [0.717, 1.165) is 26.5 Å². The molecule has 4 nitrogen and oxygen atoms in total. The second-order valence-electron chi connectivity index (χ2n) is 5.71. The fourth-order valence-corrected chi connectivity index (χ4v) is 3.00. The molecule has 1 atom stereocenters. The predicted octanol–water partition coefficient (Wildman–Crippen LogP) is 4.71. The van der Waals surface area contributed by atoms with E-state index in [1.54, 1.807) is 12.3 Å². The van der Waals surface area contributed by atoms with Crippen LogP contribution in [0.4, 0.5) is 0 Å². The van der Waals surface area contributed by atoms with Crippen molar-refractivity contribution in [2.75, 3.05) is 0 Å². The van der Waals surface area contributed by atoms with Crippen molar-refractivity contribution in [3.63, 3.8) is 0 Å². The summed E-state index contributed by atoms with van der Waals surface area (Å²) in [4.78, 5) is 15.6. The number of halogens is 1. The molecule has 25 heavy (non-hydrogen) atoms. The normalized spacial score (nSPS) is 12.6. The van der Waals surface area contributed by atoms with Gasteiger partial charge in [-0.2, -0.15) is 5.26 Å². The van der Waals surface area contributed by atoms with E-state index in [0.29, 0.717) is 0 Å². The maximum atomic E-state index is 12.5. The van der Waals surface area contributed by atoms with Gasteiger partial charge in [0.25, 0.3) is 5.91 Å². The topological polar surface area (TPSA) is 68.7 Å². The van der Waals surface area contributed by atoms with E-state index in [2.05, 4.69) is 26.2 Å². The fourth-order valence-electron chi connectivity index (χ4n) is 2.64. The van der Waals surface area contributed by atoms with Gasteiger partial charge in [0.1, 0.15) is 11.6 Å². The Balaban J connectivity index is 1.86. The van der Waals surface area contributed by atoms with Gasteiger partial charge >= 0.3 is 0 Å². The van der Waals surface area contributed by atoms with Gasteiger partial charge < -0.3 is 10.3 Å². The van der Waals surface area contributed by atoms with Gasteiger partial charge in [-0.3, -0.25) is 4.79 Å². The molecule has 0 radical (unpaired) electrons. The minimum absolute atomic E-state index is 0.0728. The minimum Gasteiger partial charge on any atom is -0.361 e. The molecule has 3 rings (SSSR count). The number of carbonyl (C=O) groups is 1. The molecule has 0 saturated carbocycles. The maximum Gasteiger partial charge on any atom is 0.262 e. The number of hydrogen-bond acceptors (Lipinski definition) is 2. The quantitative estimate of drug-likeness (QED) is 0.497. The number of benzene rings is 2. The van der Waals surface area contributed by atoms with E-state index < -0.39 is 0 Å². The number of aromatic amines is 1. The number of H-pyrrole nitrogens is 1. The number of fused-ring (bicyclic) bond motifs is 1. The van der Waals surface area contributed by atoms with Crippen molar-refractivity contribution < 1.29 is 4.79 Å². The Bertz CT molecular complexity index is 983. The van der Waals surface area contributed by atoms with Gasteiger partial charge in [0.15, 0.2) is 0 Å². The molecule has 0 aliphatic carbocycles. The highest BCUT2D eigenvalue weighted by Crippen LogP contribution is 2.24. The van der Waals surface area contributed by atoms with Crippen LogP contribution >= 0.6 is 15.9 Å². The summed E-state index contributed by atoms with van der Waals surface area (Å²) < 4.78 is 0.940. The summed E-state index contributed by atoms with van der Waals surface area (Å²) in [7, 11) is 0. The molecular weight excluding hydrogens is 378 g/mol. The number of rotatable bonds is 4. The third-order valence-corrected chi connectivity index (χ3v) is 4.48. The summed E-state index contributed by atoms with van der Waals surface area (Å²) in [6.45, 7) is 1.89. The third kappa shape index (κ3) is 3.81. The van der Waals surface area contributed by atoms with Crippen LogP contribution in [0.5, 0.6) is 0 Å². The molecule has 3 aromatic rings. The number of nitrogens with one attached hydrogen (secondary N) is 2. The van der Waals surface area contributed by atoms with Gasteiger partial charge in [-0.15, -0.1) is 0 Å². The van der Waals surface area contributed by atoms with E-state index in [1.165, 1.54) is 0 Å². The van der Waals surface area contributed by atoms with Gasteiger partial charge in [0.05, 0.1) is 6.04 Å². The van der Waals surface area contributed by atoms with Gasteiger partial charge in [0, 0.05) is 27.1 Å².